The summed E-state index contributed by atoms with van der Waals surface area (Å²) in [6.45, 7) is 4.80. The third kappa shape index (κ3) is 3.29. The molecule has 1 N–H and O–H groups in total. The van der Waals surface area contributed by atoms with E-state index in [9.17, 15) is 0 Å². The van der Waals surface area contributed by atoms with Crippen molar-refractivity contribution in [2.75, 3.05) is 41.3 Å². The van der Waals surface area contributed by atoms with E-state index in [1.54, 1.807) is 0 Å². The van der Waals surface area contributed by atoms with Gasteiger partial charge >= 0.3 is 0 Å². The lowest BCUT2D eigenvalue weighted by molar-refractivity contribution is 0.949. The largest absolute Gasteiger partial charge is 0.372 e. The number of rotatable bonds is 4. The molecule has 2 aliphatic rings. The van der Waals surface area contributed by atoms with Crippen LogP contribution in [0.3, 0.4) is 0 Å². The third-order valence-electron chi connectivity index (χ3n) is 4.97. The number of hydrogen-bond acceptors (Lipinski definition) is 3. The molecule has 2 aromatic carbocycles. The van der Waals surface area contributed by atoms with Crippen LogP contribution in [0.25, 0.3) is 0 Å². The van der Waals surface area contributed by atoms with Gasteiger partial charge in [-0.25, -0.2) is 0 Å². The van der Waals surface area contributed by atoms with Crippen molar-refractivity contribution in [3.8, 4) is 0 Å². The molecule has 0 unspecified atom stereocenters. The average Bonchev–Trinajstić information content (AvgIpc) is 3.30. The maximum Gasteiger partial charge on any atom is 0.0385 e. The molecule has 3 nitrogen and oxygen atoms in total. The minimum absolute atomic E-state index is 1.15. The van der Waals surface area contributed by atoms with E-state index in [-0.39, 0.29) is 0 Å². The van der Waals surface area contributed by atoms with Gasteiger partial charge in [0, 0.05) is 48.9 Å². The second kappa shape index (κ2) is 6.53. The fourth-order valence-electron chi connectivity index (χ4n) is 3.63. The quantitative estimate of drug-likeness (QED) is 0.888. The zero-order chi connectivity index (χ0) is 15.5. The van der Waals surface area contributed by atoms with E-state index in [1.807, 2.05) is 0 Å². The van der Waals surface area contributed by atoms with E-state index in [4.69, 9.17) is 0 Å². The van der Waals surface area contributed by atoms with E-state index < -0.39 is 0 Å². The lowest BCUT2D eigenvalue weighted by Crippen LogP contribution is -2.17. The van der Waals surface area contributed by atoms with Crippen molar-refractivity contribution in [3.63, 3.8) is 0 Å². The van der Waals surface area contributed by atoms with Crippen molar-refractivity contribution < 1.29 is 0 Å². The summed E-state index contributed by atoms with van der Waals surface area (Å²) in [6, 6.07) is 17.6. The number of hydrogen-bond donors (Lipinski definition) is 1. The van der Waals surface area contributed by atoms with Crippen molar-refractivity contribution in [3.05, 3.63) is 48.5 Å². The first-order chi connectivity index (χ1) is 11.4. The fraction of sp³-hybridized carbons (Fsp3) is 0.400. The van der Waals surface area contributed by atoms with E-state index in [0.29, 0.717) is 0 Å². The average molecular weight is 307 g/mol. The Hall–Kier alpha value is -2.16. The molecule has 2 aliphatic heterocycles. The van der Waals surface area contributed by atoms with Gasteiger partial charge in [-0.3, -0.25) is 0 Å². The zero-order valence-corrected chi connectivity index (χ0v) is 13.7. The molecule has 2 aromatic rings. The molecule has 2 heterocycles. The molecule has 0 atom stereocenters. The number of nitrogens with one attached hydrogen (secondary N) is 1. The highest BCUT2D eigenvalue weighted by Gasteiger charge is 2.13. The molecule has 0 bridgehead atoms. The highest BCUT2D eigenvalue weighted by atomic mass is 15.1. The Morgan fingerprint density at radius 1 is 0.522 bits per heavy atom. The Balaban J connectivity index is 1.41. The van der Waals surface area contributed by atoms with Gasteiger partial charge in [0.1, 0.15) is 0 Å². The Bertz CT molecular complexity index is 563. The number of anilines is 4. The summed E-state index contributed by atoms with van der Waals surface area (Å²) in [6.07, 6.45) is 5.29. The van der Waals surface area contributed by atoms with Crippen LogP contribution >= 0.6 is 0 Å². The molecular formula is C20H25N3. The maximum absolute atomic E-state index is 3.50. The predicted molar refractivity (Wildman–Crippen MR) is 99.1 cm³/mol. The molecule has 2 saturated heterocycles. The fourth-order valence-corrected chi connectivity index (χ4v) is 3.63. The van der Waals surface area contributed by atoms with Gasteiger partial charge in [0.25, 0.3) is 0 Å². The first-order valence-corrected chi connectivity index (χ1v) is 8.85. The van der Waals surface area contributed by atoms with Crippen LogP contribution in [0.5, 0.6) is 0 Å². The van der Waals surface area contributed by atoms with Crippen LogP contribution in [0, 0.1) is 0 Å². The molecular weight excluding hydrogens is 282 g/mol. The van der Waals surface area contributed by atoms with Gasteiger partial charge in [-0.2, -0.15) is 0 Å². The third-order valence-corrected chi connectivity index (χ3v) is 4.97. The SMILES string of the molecule is c1cc(N2CCCC2)ccc1Nc1ccc(N2CCCC2)cc1. The minimum Gasteiger partial charge on any atom is -0.372 e. The molecule has 3 heteroatoms. The van der Waals surface area contributed by atoms with Gasteiger partial charge in [0.15, 0.2) is 0 Å². The Morgan fingerprint density at radius 2 is 0.870 bits per heavy atom. The summed E-state index contributed by atoms with van der Waals surface area (Å²) in [7, 11) is 0. The summed E-state index contributed by atoms with van der Waals surface area (Å²) < 4.78 is 0. The van der Waals surface area contributed by atoms with Crippen molar-refractivity contribution in [2.24, 2.45) is 0 Å². The van der Waals surface area contributed by atoms with Gasteiger partial charge in [-0.05, 0) is 74.2 Å². The molecule has 0 radical (unpaired) electrons. The van der Waals surface area contributed by atoms with E-state index >= 15 is 0 Å². The van der Waals surface area contributed by atoms with E-state index in [1.165, 1.54) is 63.2 Å². The zero-order valence-electron chi connectivity index (χ0n) is 13.7. The summed E-state index contributed by atoms with van der Waals surface area (Å²) in [5, 5.41) is 3.50. The molecule has 0 amide bonds. The predicted octanol–water partition coefficient (Wildman–Crippen LogP) is 4.63. The highest BCUT2D eigenvalue weighted by Crippen LogP contribution is 2.26. The van der Waals surface area contributed by atoms with Crippen molar-refractivity contribution in [2.45, 2.75) is 25.7 Å². The van der Waals surface area contributed by atoms with Crippen LogP contribution in [-0.4, -0.2) is 26.2 Å². The molecule has 0 spiro atoms. The monoisotopic (exact) mass is 307 g/mol. The first kappa shape index (κ1) is 14.4. The standard InChI is InChI=1S/C20H25N3/c1-2-14-22(13-1)19-9-5-17(6-10-19)21-18-7-11-20(12-8-18)23-15-3-4-16-23/h5-12,21H,1-4,13-16H2. The second-order valence-electron chi connectivity index (χ2n) is 6.61. The highest BCUT2D eigenvalue weighted by molar-refractivity contribution is 5.65. The topological polar surface area (TPSA) is 18.5 Å². The minimum atomic E-state index is 1.15. The van der Waals surface area contributed by atoms with Crippen LogP contribution in [0.2, 0.25) is 0 Å². The molecule has 120 valence electrons. The smallest absolute Gasteiger partial charge is 0.0385 e. The normalized spacial score (nSPS) is 17.7. The van der Waals surface area contributed by atoms with Crippen molar-refractivity contribution in [1.82, 2.24) is 0 Å². The lowest BCUT2D eigenvalue weighted by atomic mass is 10.2. The number of nitrogens with zero attached hydrogens (tertiary/aromatic N) is 2. The Kier molecular flexibility index (Phi) is 4.10. The molecule has 23 heavy (non-hydrogen) atoms. The molecule has 4 rings (SSSR count). The van der Waals surface area contributed by atoms with Gasteiger partial charge in [0.05, 0.1) is 0 Å². The summed E-state index contributed by atoms with van der Waals surface area (Å²) in [5.74, 6) is 0. The Morgan fingerprint density at radius 3 is 1.22 bits per heavy atom. The van der Waals surface area contributed by atoms with Gasteiger partial charge in [-0.1, -0.05) is 0 Å². The van der Waals surface area contributed by atoms with Crippen LogP contribution in [0.1, 0.15) is 25.7 Å². The van der Waals surface area contributed by atoms with E-state index in [2.05, 4.69) is 63.6 Å². The van der Waals surface area contributed by atoms with Crippen molar-refractivity contribution in [1.29, 1.82) is 0 Å². The molecule has 0 aliphatic carbocycles. The first-order valence-electron chi connectivity index (χ1n) is 8.85. The lowest BCUT2D eigenvalue weighted by Gasteiger charge is -2.19. The molecule has 2 fully saturated rings. The van der Waals surface area contributed by atoms with Crippen molar-refractivity contribution >= 4 is 22.7 Å². The Labute approximate surface area is 138 Å². The van der Waals surface area contributed by atoms with Gasteiger partial charge in [-0.15, -0.1) is 0 Å². The van der Waals surface area contributed by atoms with E-state index in [0.717, 1.165) is 11.4 Å². The molecule has 0 aromatic heterocycles. The van der Waals surface area contributed by atoms with Crippen LogP contribution in [0.15, 0.2) is 48.5 Å². The van der Waals surface area contributed by atoms with Gasteiger partial charge < -0.3 is 15.1 Å². The summed E-state index contributed by atoms with van der Waals surface area (Å²) >= 11 is 0. The summed E-state index contributed by atoms with van der Waals surface area (Å²) in [5.41, 5.74) is 5.00. The van der Waals surface area contributed by atoms with Crippen LogP contribution in [0.4, 0.5) is 22.7 Å². The number of benzene rings is 2. The second-order valence-corrected chi connectivity index (χ2v) is 6.61. The summed E-state index contributed by atoms with van der Waals surface area (Å²) in [4.78, 5) is 4.93. The maximum atomic E-state index is 3.50. The van der Waals surface area contributed by atoms with Gasteiger partial charge in [0.2, 0.25) is 0 Å². The molecule has 0 saturated carbocycles. The van der Waals surface area contributed by atoms with Crippen LogP contribution < -0.4 is 15.1 Å². The van der Waals surface area contributed by atoms with Crippen LogP contribution in [-0.2, 0) is 0 Å².